The molecule has 3 nitrogen and oxygen atoms in total. The standard InChI is InChI=1S/C14H20INO2/c1-4-5-10(2)16-14(17)11(3)18-13-8-6-12(15)7-9-13/h6-11H,4-5H2,1-3H3,(H,16,17). The summed E-state index contributed by atoms with van der Waals surface area (Å²) in [6.07, 6.45) is 1.58. The van der Waals surface area contributed by atoms with Gasteiger partial charge in [-0.25, -0.2) is 0 Å². The summed E-state index contributed by atoms with van der Waals surface area (Å²) in [6, 6.07) is 7.87. The molecule has 0 saturated carbocycles. The second-order valence-electron chi connectivity index (χ2n) is 4.41. The summed E-state index contributed by atoms with van der Waals surface area (Å²) in [5.41, 5.74) is 0. The van der Waals surface area contributed by atoms with E-state index in [0.717, 1.165) is 22.2 Å². The van der Waals surface area contributed by atoms with Crippen LogP contribution in [0.4, 0.5) is 0 Å². The Balaban J connectivity index is 2.46. The van der Waals surface area contributed by atoms with E-state index in [4.69, 9.17) is 4.74 Å². The Morgan fingerprint density at radius 3 is 2.50 bits per heavy atom. The van der Waals surface area contributed by atoms with Crippen molar-refractivity contribution in [2.24, 2.45) is 0 Å². The van der Waals surface area contributed by atoms with Crippen LogP contribution < -0.4 is 10.1 Å². The lowest BCUT2D eigenvalue weighted by Crippen LogP contribution is -2.41. The summed E-state index contributed by atoms with van der Waals surface area (Å²) in [6.45, 7) is 5.89. The van der Waals surface area contributed by atoms with Gasteiger partial charge in [0.1, 0.15) is 5.75 Å². The molecule has 0 aliphatic heterocycles. The van der Waals surface area contributed by atoms with E-state index in [1.807, 2.05) is 31.2 Å². The SMILES string of the molecule is CCCC(C)NC(=O)C(C)Oc1ccc(I)cc1. The molecule has 0 saturated heterocycles. The third-order valence-corrected chi connectivity index (χ3v) is 3.33. The summed E-state index contributed by atoms with van der Waals surface area (Å²) in [5.74, 6) is 0.663. The average Bonchev–Trinajstić information content (AvgIpc) is 2.32. The number of hydrogen-bond donors (Lipinski definition) is 1. The van der Waals surface area contributed by atoms with E-state index in [0.29, 0.717) is 0 Å². The van der Waals surface area contributed by atoms with Gasteiger partial charge in [0.05, 0.1) is 0 Å². The molecule has 0 bridgehead atoms. The Kier molecular flexibility index (Phi) is 6.46. The molecule has 0 aliphatic rings. The number of ether oxygens (including phenoxy) is 1. The average molecular weight is 361 g/mol. The smallest absolute Gasteiger partial charge is 0.260 e. The molecule has 18 heavy (non-hydrogen) atoms. The Hall–Kier alpha value is -0.780. The summed E-state index contributed by atoms with van der Waals surface area (Å²) < 4.78 is 6.74. The van der Waals surface area contributed by atoms with E-state index in [2.05, 4.69) is 34.8 Å². The van der Waals surface area contributed by atoms with E-state index in [1.165, 1.54) is 0 Å². The first-order valence-electron chi connectivity index (χ1n) is 6.25. The highest BCUT2D eigenvalue weighted by molar-refractivity contribution is 14.1. The molecular formula is C14H20INO2. The quantitative estimate of drug-likeness (QED) is 0.790. The van der Waals surface area contributed by atoms with E-state index < -0.39 is 6.10 Å². The first kappa shape index (κ1) is 15.3. The zero-order chi connectivity index (χ0) is 13.5. The van der Waals surface area contributed by atoms with Gasteiger partial charge >= 0.3 is 0 Å². The third kappa shape index (κ3) is 5.25. The highest BCUT2D eigenvalue weighted by atomic mass is 127. The second-order valence-corrected chi connectivity index (χ2v) is 5.66. The number of halogens is 1. The molecule has 1 rings (SSSR count). The van der Waals surface area contributed by atoms with Crippen molar-refractivity contribution in [3.8, 4) is 5.75 Å². The molecule has 4 heteroatoms. The van der Waals surface area contributed by atoms with E-state index in [9.17, 15) is 4.79 Å². The van der Waals surface area contributed by atoms with Crippen molar-refractivity contribution in [2.75, 3.05) is 0 Å². The summed E-state index contributed by atoms with van der Waals surface area (Å²) in [7, 11) is 0. The Labute approximate surface area is 122 Å². The number of hydrogen-bond acceptors (Lipinski definition) is 2. The normalized spacial score (nSPS) is 13.8. The number of amides is 1. The predicted molar refractivity (Wildman–Crippen MR) is 81.8 cm³/mol. The predicted octanol–water partition coefficient (Wildman–Crippen LogP) is 3.36. The van der Waals surface area contributed by atoms with E-state index in [1.54, 1.807) is 6.92 Å². The monoisotopic (exact) mass is 361 g/mol. The maximum absolute atomic E-state index is 11.9. The summed E-state index contributed by atoms with van der Waals surface area (Å²) >= 11 is 2.23. The fourth-order valence-electron chi connectivity index (χ4n) is 1.64. The van der Waals surface area contributed by atoms with Crippen LogP contribution in [0, 0.1) is 3.57 Å². The maximum Gasteiger partial charge on any atom is 0.260 e. The minimum absolute atomic E-state index is 0.0606. The fraction of sp³-hybridized carbons (Fsp3) is 0.500. The number of benzene rings is 1. The van der Waals surface area contributed by atoms with Gasteiger partial charge in [0.25, 0.3) is 5.91 Å². The van der Waals surface area contributed by atoms with Crippen LogP contribution in [0.15, 0.2) is 24.3 Å². The van der Waals surface area contributed by atoms with Gasteiger partial charge in [-0.05, 0) is 67.1 Å². The van der Waals surface area contributed by atoms with Crippen LogP contribution in [0.25, 0.3) is 0 Å². The van der Waals surface area contributed by atoms with Gasteiger partial charge in [-0.3, -0.25) is 4.79 Å². The topological polar surface area (TPSA) is 38.3 Å². The Morgan fingerprint density at radius 2 is 1.94 bits per heavy atom. The van der Waals surface area contributed by atoms with Crippen molar-refractivity contribution < 1.29 is 9.53 Å². The Morgan fingerprint density at radius 1 is 1.33 bits per heavy atom. The van der Waals surface area contributed by atoms with Crippen molar-refractivity contribution in [3.63, 3.8) is 0 Å². The molecule has 1 amide bonds. The Bertz CT molecular complexity index is 378. The minimum Gasteiger partial charge on any atom is -0.481 e. The maximum atomic E-state index is 11.9. The molecule has 1 aromatic rings. The molecule has 1 aromatic carbocycles. The highest BCUT2D eigenvalue weighted by Crippen LogP contribution is 2.15. The molecule has 0 radical (unpaired) electrons. The fourth-order valence-corrected chi connectivity index (χ4v) is 2.00. The van der Waals surface area contributed by atoms with Gasteiger partial charge in [-0.2, -0.15) is 0 Å². The zero-order valence-electron chi connectivity index (χ0n) is 11.1. The lowest BCUT2D eigenvalue weighted by molar-refractivity contribution is -0.127. The number of nitrogens with one attached hydrogen (secondary N) is 1. The molecule has 2 unspecified atom stereocenters. The van der Waals surface area contributed by atoms with Crippen molar-refractivity contribution in [3.05, 3.63) is 27.8 Å². The van der Waals surface area contributed by atoms with Crippen LogP contribution in [-0.2, 0) is 4.79 Å². The van der Waals surface area contributed by atoms with Gasteiger partial charge in [-0.15, -0.1) is 0 Å². The molecule has 0 fully saturated rings. The number of rotatable bonds is 6. The lowest BCUT2D eigenvalue weighted by Gasteiger charge is -2.18. The molecular weight excluding hydrogens is 341 g/mol. The van der Waals surface area contributed by atoms with Crippen molar-refractivity contribution in [2.45, 2.75) is 45.8 Å². The molecule has 0 aromatic heterocycles. The molecule has 0 aliphatic carbocycles. The van der Waals surface area contributed by atoms with Gasteiger partial charge in [0, 0.05) is 9.61 Å². The number of carbonyl (C=O) groups is 1. The van der Waals surface area contributed by atoms with Crippen molar-refractivity contribution in [1.29, 1.82) is 0 Å². The summed E-state index contributed by atoms with van der Waals surface area (Å²) in [4.78, 5) is 11.9. The second kappa shape index (κ2) is 7.61. The van der Waals surface area contributed by atoms with Crippen LogP contribution in [0.1, 0.15) is 33.6 Å². The highest BCUT2D eigenvalue weighted by Gasteiger charge is 2.16. The lowest BCUT2D eigenvalue weighted by atomic mass is 10.2. The van der Waals surface area contributed by atoms with Crippen LogP contribution in [0.5, 0.6) is 5.75 Å². The third-order valence-electron chi connectivity index (χ3n) is 2.61. The van der Waals surface area contributed by atoms with Crippen LogP contribution in [0.2, 0.25) is 0 Å². The first-order valence-corrected chi connectivity index (χ1v) is 7.33. The van der Waals surface area contributed by atoms with Gasteiger partial charge in [-0.1, -0.05) is 13.3 Å². The first-order chi connectivity index (χ1) is 8.52. The van der Waals surface area contributed by atoms with Crippen LogP contribution >= 0.6 is 22.6 Å². The zero-order valence-corrected chi connectivity index (χ0v) is 13.2. The van der Waals surface area contributed by atoms with Crippen LogP contribution in [0.3, 0.4) is 0 Å². The van der Waals surface area contributed by atoms with E-state index >= 15 is 0 Å². The van der Waals surface area contributed by atoms with Crippen molar-refractivity contribution >= 4 is 28.5 Å². The molecule has 2 atom stereocenters. The van der Waals surface area contributed by atoms with E-state index in [-0.39, 0.29) is 11.9 Å². The largest absolute Gasteiger partial charge is 0.481 e. The van der Waals surface area contributed by atoms with Gasteiger partial charge in [0.2, 0.25) is 0 Å². The van der Waals surface area contributed by atoms with Gasteiger partial charge < -0.3 is 10.1 Å². The van der Waals surface area contributed by atoms with Crippen molar-refractivity contribution in [1.82, 2.24) is 5.32 Å². The molecule has 100 valence electrons. The van der Waals surface area contributed by atoms with Crippen LogP contribution in [-0.4, -0.2) is 18.1 Å². The minimum atomic E-state index is -0.468. The molecule has 1 N–H and O–H groups in total. The number of carbonyl (C=O) groups excluding carboxylic acids is 1. The molecule has 0 spiro atoms. The molecule has 0 heterocycles. The summed E-state index contributed by atoms with van der Waals surface area (Å²) in [5, 5.41) is 2.95. The van der Waals surface area contributed by atoms with Gasteiger partial charge in [0.15, 0.2) is 6.10 Å².